The number of aromatic nitrogens is 2. The number of pyridine rings is 1. The Hall–Kier alpha value is -2.59. The van der Waals surface area contributed by atoms with E-state index in [2.05, 4.69) is 22.1 Å². The van der Waals surface area contributed by atoms with E-state index >= 15 is 0 Å². The monoisotopic (exact) mass is 548 g/mol. The van der Waals surface area contributed by atoms with Crippen LogP contribution < -0.4 is 0 Å². The summed E-state index contributed by atoms with van der Waals surface area (Å²) < 4.78 is 1.23. The van der Waals surface area contributed by atoms with E-state index in [1.165, 1.54) is 4.70 Å². The largest absolute Gasteiger partial charge is 0.506 e. The molecule has 1 radical (unpaired) electrons. The first-order valence-corrected chi connectivity index (χ1v) is 8.98. The summed E-state index contributed by atoms with van der Waals surface area (Å²) in [5.74, 6) is 0.239. The van der Waals surface area contributed by atoms with Gasteiger partial charge in [0.1, 0.15) is 11.3 Å². The van der Waals surface area contributed by atoms with E-state index in [1.54, 1.807) is 29.7 Å². The van der Waals surface area contributed by atoms with Crippen molar-refractivity contribution in [3.8, 4) is 16.3 Å². The van der Waals surface area contributed by atoms with Crippen LogP contribution in [0.3, 0.4) is 0 Å². The summed E-state index contributed by atoms with van der Waals surface area (Å²) in [7, 11) is 0. The third-order valence-corrected chi connectivity index (χ3v) is 4.91. The van der Waals surface area contributed by atoms with Gasteiger partial charge in [-0.1, -0.05) is 30.3 Å². The van der Waals surface area contributed by atoms with Crippen LogP contribution in [0.5, 0.6) is 5.75 Å². The molecule has 3 aromatic carbocycles. The maximum atomic E-state index is 9.31. The number of hydrogen-bond acceptors (Lipinski definition) is 4. The molecule has 0 amide bonds. The van der Waals surface area contributed by atoms with Crippen molar-refractivity contribution in [2.24, 2.45) is 0 Å². The standard InChI is InChI=1S/C13H8NS.C9H7NO.Ir/c1-2-6-10(7-3-1)13-14-11-8-4-5-9-12(11)15-13;11-8-5-1-3-7-4-2-6-10-9(7)8;/h1-6,8-9H;1-6,11H;/q-1;;. The quantitative estimate of drug-likeness (QED) is 0.274. The average Bonchev–Trinajstić information content (AvgIpc) is 3.14. The van der Waals surface area contributed by atoms with Gasteiger partial charge in [-0.25, -0.2) is 0 Å². The average molecular weight is 548 g/mol. The molecule has 0 aliphatic heterocycles. The summed E-state index contributed by atoms with van der Waals surface area (Å²) in [5, 5.41) is 11.3. The number of rotatable bonds is 1. The topological polar surface area (TPSA) is 46.0 Å². The molecule has 1 N–H and O–H groups in total. The molecule has 27 heavy (non-hydrogen) atoms. The van der Waals surface area contributed by atoms with Crippen LogP contribution in [0.2, 0.25) is 0 Å². The van der Waals surface area contributed by atoms with Crippen molar-refractivity contribution in [3.63, 3.8) is 0 Å². The molecule has 0 aliphatic carbocycles. The van der Waals surface area contributed by atoms with Crippen molar-refractivity contribution in [1.82, 2.24) is 9.97 Å². The molecule has 0 aliphatic rings. The molecule has 0 saturated carbocycles. The van der Waals surface area contributed by atoms with Gasteiger partial charge in [0, 0.05) is 41.4 Å². The number of benzene rings is 3. The summed E-state index contributed by atoms with van der Waals surface area (Å²) in [6.45, 7) is 0. The van der Waals surface area contributed by atoms with Gasteiger partial charge >= 0.3 is 0 Å². The number of para-hydroxylation sites is 2. The van der Waals surface area contributed by atoms with Gasteiger partial charge in [0.25, 0.3) is 0 Å². The van der Waals surface area contributed by atoms with Gasteiger partial charge in [-0.3, -0.25) is 9.97 Å². The van der Waals surface area contributed by atoms with Crippen molar-refractivity contribution in [3.05, 3.63) is 91.1 Å². The van der Waals surface area contributed by atoms with Crippen molar-refractivity contribution in [1.29, 1.82) is 0 Å². The normalized spacial score (nSPS) is 10.1. The second-order valence-corrected chi connectivity index (χ2v) is 6.65. The van der Waals surface area contributed by atoms with Crippen LogP contribution in [0.1, 0.15) is 0 Å². The number of fused-ring (bicyclic) bond motifs is 2. The van der Waals surface area contributed by atoms with Crippen molar-refractivity contribution in [2.75, 3.05) is 0 Å². The van der Waals surface area contributed by atoms with Gasteiger partial charge in [0.2, 0.25) is 0 Å². The number of phenolic OH excluding ortho intramolecular Hbond substituents is 1. The Morgan fingerprint density at radius 3 is 2.44 bits per heavy atom. The minimum Gasteiger partial charge on any atom is -0.506 e. The van der Waals surface area contributed by atoms with Gasteiger partial charge in [-0.15, -0.1) is 35.9 Å². The van der Waals surface area contributed by atoms with E-state index in [0.29, 0.717) is 5.52 Å². The molecule has 0 unspecified atom stereocenters. The Bertz CT molecular complexity index is 1120. The predicted molar refractivity (Wildman–Crippen MR) is 107 cm³/mol. The molecule has 3 nitrogen and oxygen atoms in total. The third kappa shape index (κ3) is 4.40. The maximum absolute atomic E-state index is 9.31. The van der Waals surface area contributed by atoms with Crippen molar-refractivity contribution in [2.45, 2.75) is 0 Å². The smallest absolute Gasteiger partial charge is 0.141 e. The number of phenols is 1. The summed E-state index contributed by atoms with van der Waals surface area (Å²) in [5.41, 5.74) is 2.79. The number of thiazole rings is 1. The Morgan fingerprint density at radius 1 is 0.852 bits per heavy atom. The van der Waals surface area contributed by atoms with Gasteiger partial charge in [0.15, 0.2) is 0 Å². The first kappa shape index (κ1) is 19.2. The zero-order valence-electron chi connectivity index (χ0n) is 14.2. The Morgan fingerprint density at radius 2 is 1.67 bits per heavy atom. The first-order valence-electron chi connectivity index (χ1n) is 8.16. The minimum atomic E-state index is 0. The molecule has 5 heteroatoms. The maximum Gasteiger partial charge on any atom is 0.141 e. The van der Waals surface area contributed by atoms with E-state index in [0.717, 1.165) is 21.5 Å². The van der Waals surface area contributed by atoms with Crippen LogP contribution in [0.25, 0.3) is 31.7 Å². The summed E-state index contributed by atoms with van der Waals surface area (Å²) in [4.78, 5) is 8.60. The van der Waals surface area contributed by atoms with Gasteiger partial charge in [-0.05, 0) is 24.3 Å². The fourth-order valence-corrected chi connectivity index (χ4v) is 3.56. The zero-order chi connectivity index (χ0) is 17.8. The van der Waals surface area contributed by atoms with Crippen LogP contribution in [0.15, 0.2) is 85.1 Å². The first-order chi connectivity index (χ1) is 12.8. The van der Waals surface area contributed by atoms with E-state index in [9.17, 15) is 5.11 Å². The van der Waals surface area contributed by atoms with E-state index < -0.39 is 0 Å². The van der Waals surface area contributed by atoms with Gasteiger partial charge < -0.3 is 5.11 Å². The molecule has 2 aromatic heterocycles. The molecule has 5 aromatic rings. The van der Waals surface area contributed by atoms with Crippen LogP contribution in [0.4, 0.5) is 0 Å². The van der Waals surface area contributed by atoms with Crippen LogP contribution in [-0.4, -0.2) is 15.1 Å². The van der Waals surface area contributed by atoms with Gasteiger partial charge in [0.05, 0.1) is 5.52 Å². The fraction of sp³-hybridized carbons (Fsp3) is 0. The van der Waals surface area contributed by atoms with Crippen molar-refractivity contribution < 1.29 is 25.2 Å². The van der Waals surface area contributed by atoms with Crippen molar-refractivity contribution >= 4 is 32.5 Å². The molecule has 0 bridgehead atoms. The van der Waals surface area contributed by atoms with Gasteiger partial charge in [-0.2, -0.15) is 11.3 Å². The molecule has 0 saturated heterocycles. The summed E-state index contributed by atoms with van der Waals surface area (Å²) >= 11 is 1.71. The fourth-order valence-electron chi connectivity index (χ4n) is 2.60. The summed E-state index contributed by atoms with van der Waals surface area (Å²) in [6.07, 6.45) is 1.67. The number of nitrogens with zero attached hydrogens (tertiary/aromatic N) is 2. The Kier molecular flexibility index (Phi) is 6.30. The van der Waals surface area contributed by atoms with E-state index in [4.69, 9.17) is 0 Å². The Labute approximate surface area is 174 Å². The molecule has 0 atom stereocenters. The second kappa shape index (κ2) is 8.87. The number of aromatic hydroxyl groups is 1. The van der Waals surface area contributed by atoms with Crippen LogP contribution >= 0.6 is 11.3 Å². The molecular formula is C22H15IrN2OS-. The number of hydrogen-bond donors (Lipinski definition) is 1. The minimum absolute atomic E-state index is 0. The molecule has 0 spiro atoms. The molecule has 0 fully saturated rings. The zero-order valence-corrected chi connectivity index (χ0v) is 17.4. The molecule has 135 valence electrons. The van der Waals surface area contributed by atoms with Crippen LogP contribution in [-0.2, 0) is 20.1 Å². The third-order valence-electron chi connectivity index (χ3n) is 3.84. The predicted octanol–water partition coefficient (Wildman–Crippen LogP) is 5.70. The van der Waals surface area contributed by atoms with E-state index in [-0.39, 0.29) is 25.9 Å². The summed E-state index contributed by atoms with van der Waals surface area (Å²) in [6, 6.07) is 28.4. The molecule has 5 rings (SSSR count). The Balaban J connectivity index is 0.000000157. The molecular weight excluding hydrogens is 533 g/mol. The molecule has 2 heterocycles. The van der Waals surface area contributed by atoms with E-state index in [1.807, 2.05) is 60.7 Å². The SMILES string of the molecule is Oc1cccc2cccnc12.[Ir].[c-]1ccccc1-c1nc2ccccc2s1. The second-order valence-electron chi connectivity index (χ2n) is 5.62. The van der Waals surface area contributed by atoms with Crippen LogP contribution in [0, 0.1) is 6.07 Å².